The van der Waals surface area contributed by atoms with E-state index in [0.717, 1.165) is 0 Å². The molecule has 0 saturated heterocycles. The minimum atomic E-state index is -2.63. The summed E-state index contributed by atoms with van der Waals surface area (Å²) in [6.07, 6.45) is 37.7. The Bertz CT molecular complexity index is 6630. The number of benzene rings is 4. The Kier molecular flexibility index (Phi) is 37.7. The third-order valence-corrected chi connectivity index (χ3v) is 77.5. The molecule has 15 heterocycles. The number of rotatable bonds is 51. The molecule has 774 valence electrons. The molecule has 6 atom stereocenters. The third-order valence-electron chi connectivity index (χ3n) is 31.6. The third kappa shape index (κ3) is 24.9. The summed E-state index contributed by atoms with van der Waals surface area (Å²) in [5.41, 5.74) is 12.7. The van der Waals surface area contributed by atoms with Crippen LogP contribution in [0.1, 0.15) is 266 Å². The van der Waals surface area contributed by atoms with Crippen molar-refractivity contribution in [2.75, 3.05) is 0 Å². The van der Waals surface area contributed by atoms with Gasteiger partial charge in [0.2, 0.25) is 0 Å². The minimum absolute atomic E-state index is 0.713. The fourth-order valence-electron chi connectivity index (χ4n) is 22.3. The van der Waals surface area contributed by atoms with Gasteiger partial charge in [0.25, 0.3) is 0 Å². The molecule has 0 aliphatic heterocycles. The van der Waals surface area contributed by atoms with E-state index in [1.165, 1.54) is 376 Å². The van der Waals surface area contributed by atoms with E-state index < -0.39 is 55.1 Å². The van der Waals surface area contributed by atoms with Gasteiger partial charge in [0, 0.05) is 0 Å². The molecule has 0 bridgehead atoms. The summed E-state index contributed by atoms with van der Waals surface area (Å²) < 4.78 is 13.9. The molecule has 0 nitrogen and oxygen atoms in total. The van der Waals surface area contributed by atoms with E-state index in [4.69, 9.17) is 0 Å². The Balaban J connectivity index is 0.787. The molecule has 0 fully saturated rings. The molecule has 0 aliphatic carbocycles. The summed E-state index contributed by atoms with van der Waals surface area (Å²) in [7, 11) is 0. The zero-order valence-electron chi connectivity index (χ0n) is 91.4. The van der Waals surface area contributed by atoms with Gasteiger partial charge in [-0.1, -0.05) is 41.5 Å². The van der Waals surface area contributed by atoms with Crippen molar-refractivity contribution in [3.8, 4) is 123 Å². The van der Waals surface area contributed by atoms with Crippen molar-refractivity contribution in [1.29, 1.82) is 0 Å². The first-order chi connectivity index (χ1) is 71.1. The van der Waals surface area contributed by atoms with Crippen LogP contribution in [0.4, 0.5) is 0 Å². The second kappa shape index (κ2) is 49.6. The molecule has 0 saturated carbocycles. The molecule has 0 N–H and O–H groups in total. The van der Waals surface area contributed by atoms with E-state index in [-0.39, 0.29) is 0 Å². The zero-order chi connectivity index (χ0) is 103. The van der Waals surface area contributed by atoms with Crippen LogP contribution in [-0.4, -0.2) is 55.1 Å². The number of thiophene rings is 15. The standard InChI is InChI=1S/C120H129S15.9CH3.3Sn/c1-13-25-31-73(19-7)61-82-37-43-100(124-82)109-88-55-58-121-115(88)112(103-46-40-85(127-103)64-76(22-10)34-28-16-4)91-70-106(133-118(91)109)97-52-49-94(130-97)79-67-80(95-50-53-98(131-95)107-71-92-113(104-47-41-86(128-104)65-77(23-11)35-29-17-5)116-89(56-59-122-116)110(119(92)134-107)101-44-38-83(125-101)62-74(20-8)32-26-14-2)69-81(68-79)96-51-54-99(132-96)108-72-93-114(105-48-42-87(129-105)66-78(24-12)36-30-18-6)117-90(57-60-123-117)111(120(93)135-108)102-45-39-84(126-102)63-75(21-9)33-27-15-3;;;;;;;;;;;;/h37-57,67-78H,13-36,61-66H2,1-12H3;9*1H3;;;. The van der Waals surface area contributed by atoms with Crippen molar-refractivity contribution in [2.24, 2.45) is 35.5 Å². The second-order valence-electron chi connectivity index (χ2n) is 45.7. The Morgan fingerprint density at radius 3 is 0.537 bits per heavy atom. The average Bonchev–Trinajstić information content (AvgIpc) is 1.57. The van der Waals surface area contributed by atoms with Crippen LogP contribution >= 0.6 is 170 Å². The van der Waals surface area contributed by atoms with Crippen molar-refractivity contribution in [2.45, 2.75) is 320 Å². The topological polar surface area (TPSA) is 0 Å². The summed E-state index contributed by atoms with van der Waals surface area (Å²) in [5.74, 6) is 4.28. The van der Waals surface area contributed by atoms with Gasteiger partial charge < -0.3 is 0 Å². The van der Waals surface area contributed by atoms with Crippen LogP contribution in [0.5, 0.6) is 0 Å². The van der Waals surface area contributed by atoms with Crippen molar-refractivity contribution in [3.63, 3.8) is 0 Å². The van der Waals surface area contributed by atoms with E-state index in [0.29, 0.717) is 35.5 Å². The molecule has 0 aliphatic rings. The quantitative estimate of drug-likeness (QED) is 0.0333. The molecular formula is C129H156S15Sn3. The van der Waals surface area contributed by atoms with Crippen molar-refractivity contribution < 1.29 is 0 Å². The fraction of sp³-hybridized carbons (Fsp3) is 0.442. The van der Waals surface area contributed by atoms with Gasteiger partial charge in [-0.15, -0.1) is 0 Å². The summed E-state index contributed by atoms with van der Waals surface area (Å²) in [4.78, 5) is 53.8. The van der Waals surface area contributed by atoms with Crippen LogP contribution in [-0.2, 0) is 38.5 Å². The van der Waals surface area contributed by atoms with Gasteiger partial charge in [-0.3, -0.25) is 0 Å². The Labute approximate surface area is 953 Å². The number of unbranched alkanes of at least 4 members (excludes halogenated alkanes) is 6. The van der Waals surface area contributed by atoms with Gasteiger partial charge in [0.15, 0.2) is 0 Å². The van der Waals surface area contributed by atoms with Crippen molar-refractivity contribution in [1.82, 2.24) is 0 Å². The number of fused-ring (bicyclic) bond motifs is 6. The molecule has 0 radical (unpaired) electrons. The second-order valence-corrected chi connectivity index (χ2v) is 109. The van der Waals surface area contributed by atoms with Crippen LogP contribution in [0.3, 0.4) is 0 Å². The predicted octanol–water partition coefficient (Wildman–Crippen LogP) is 47.7. The normalized spacial score (nSPS) is 13.9. The first-order valence-corrected chi connectivity index (χ1v) is 98.4. The molecule has 0 amide bonds. The summed E-state index contributed by atoms with van der Waals surface area (Å²) >= 11 is 23.4. The average molecular weight is 2540 g/mol. The molecule has 4 aromatic carbocycles. The van der Waals surface area contributed by atoms with Gasteiger partial charge >= 0.3 is 925 Å². The molecule has 6 unspecified atom stereocenters. The van der Waals surface area contributed by atoms with Gasteiger partial charge in [0.05, 0.1) is 0 Å². The fourth-order valence-corrected chi connectivity index (χ4v) is 56.0. The van der Waals surface area contributed by atoms with Gasteiger partial charge in [0.1, 0.15) is 0 Å². The molecule has 15 aromatic heterocycles. The van der Waals surface area contributed by atoms with E-state index in [1.54, 1.807) is 37.9 Å². The summed E-state index contributed by atoms with van der Waals surface area (Å²) in [6.45, 7) is 28.7. The van der Waals surface area contributed by atoms with E-state index in [9.17, 15) is 0 Å². The molecule has 19 aromatic rings. The zero-order valence-corrected chi connectivity index (χ0v) is 112. The Hall–Kier alpha value is -3.66. The van der Waals surface area contributed by atoms with Crippen LogP contribution in [0.25, 0.3) is 184 Å². The van der Waals surface area contributed by atoms with Crippen LogP contribution in [0.15, 0.2) is 164 Å². The van der Waals surface area contributed by atoms with Gasteiger partial charge in [-0.25, -0.2) is 0 Å². The van der Waals surface area contributed by atoms with E-state index in [2.05, 4.69) is 427 Å². The van der Waals surface area contributed by atoms with Gasteiger partial charge in [-0.05, 0) is 0 Å². The SMILES string of the molecule is CCCCC(CC)Cc1ccc(-c2c3c[c]([Sn]([CH3])([CH3])[CH3])sc3c(-c3ccc(CC(CC)CCCC)s3)c3cc(-c4ccc(-c5cc(-c6ccc(-c7cc8c(-c9ccc(CC(CC)CCCC)s9)c9s[c]([Sn]([CH3])([CH3])[CH3])cc9c(-c9ccc(CC(CC)CCCC)s9)c8s7)s6)cc(-c6ccc(-c7cc8c(-c9ccc(CC(CC)CCCC)s9)c9s[c]([Sn]([CH3])([CH3])[CH3])cc9c(-c9ccc(CC(CC)CCCC)s9)c8s7)s6)c5)s4)sc23)s1. The summed E-state index contributed by atoms with van der Waals surface area (Å²) in [5, 5.41) is 8.78. The Morgan fingerprint density at radius 1 is 0.177 bits per heavy atom. The number of hydrogen-bond donors (Lipinski definition) is 0. The molecular weight excluding hydrogens is 2390 g/mol. The Morgan fingerprint density at radius 2 is 0.354 bits per heavy atom. The van der Waals surface area contributed by atoms with Crippen molar-refractivity contribution in [3.05, 3.63) is 193 Å². The van der Waals surface area contributed by atoms with E-state index >= 15 is 0 Å². The molecule has 0 spiro atoms. The van der Waals surface area contributed by atoms with Crippen LogP contribution in [0.2, 0.25) is 44.5 Å². The van der Waals surface area contributed by atoms with E-state index in [1.807, 2.05) is 34.0 Å². The van der Waals surface area contributed by atoms with Gasteiger partial charge in [-0.2, -0.15) is 0 Å². The monoisotopic (exact) mass is 2540 g/mol. The number of hydrogen-bond acceptors (Lipinski definition) is 15. The molecule has 18 heteroatoms. The van der Waals surface area contributed by atoms with Crippen LogP contribution in [0, 0.1) is 35.5 Å². The maximum absolute atomic E-state index is 2.73. The van der Waals surface area contributed by atoms with Crippen LogP contribution < -0.4 is 8.68 Å². The predicted molar refractivity (Wildman–Crippen MR) is 696 cm³/mol. The first-order valence-electron chi connectivity index (χ1n) is 56.2. The summed E-state index contributed by atoms with van der Waals surface area (Å²) in [6, 6.07) is 69.3. The molecule has 19 rings (SSSR count). The first kappa shape index (κ1) is 112. The molecule has 147 heavy (non-hydrogen) atoms. The maximum atomic E-state index is 2.73. The van der Waals surface area contributed by atoms with Crippen molar-refractivity contribution >= 4 is 294 Å².